The largest absolute Gasteiger partial charge is 0.408 e. The number of thiazole rings is 1. The van der Waals surface area contributed by atoms with Crippen molar-refractivity contribution in [2.75, 3.05) is 0 Å². The molecule has 24 heavy (non-hydrogen) atoms. The van der Waals surface area contributed by atoms with Gasteiger partial charge in [-0.05, 0) is 18.6 Å². The van der Waals surface area contributed by atoms with Gasteiger partial charge in [-0.1, -0.05) is 44.2 Å². The van der Waals surface area contributed by atoms with Crippen LogP contribution < -0.4 is 9.54 Å². The van der Waals surface area contributed by atoms with Gasteiger partial charge in [0.1, 0.15) is 11.5 Å². The Balaban J connectivity index is 2.69. The molecule has 0 saturated carbocycles. The van der Waals surface area contributed by atoms with Crippen LogP contribution in [0.25, 0.3) is 0 Å². The smallest absolute Gasteiger partial charge is 0.312 e. The Hall–Kier alpha value is -2.28. The Morgan fingerprint density at radius 2 is 1.92 bits per heavy atom. The summed E-state index contributed by atoms with van der Waals surface area (Å²) in [5, 5.41) is 0. The van der Waals surface area contributed by atoms with Crippen LogP contribution in [0, 0.1) is 5.82 Å². The van der Waals surface area contributed by atoms with Gasteiger partial charge in [-0.3, -0.25) is 9.59 Å². The van der Waals surface area contributed by atoms with Gasteiger partial charge in [-0.2, -0.15) is 0 Å². The first kappa shape index (κ1) is 18.1. The number of halogens is 1. The molecular weight excluding hydrogens is 331 g/mol. The van der Waals surface area contributed by atoms with Gasteiger partial charge in [-0.15, -0.1) is 0 Å². The lowest BCUT2D eigenvalue weighted by Gasteiger charge is -2.08. The van der Waals surface area contributed by atoms with E-state index in [1.165, 1.54) is 28.0 Å². The molecule has 5 nitrogen and oxygen atoms in total. The van der Waals surface area contributed by atoms with Crippen LogP contribution in [0.15, 0.2) is 29.3 Å². The second kappa shape index (κ2) is 8.01. The van der Waals surface area contributed by atoms with Gasteiger partial charge >= 0.3 is 5.97 Å². The van der Waals surface area contributed by atoms with Crippen LogP contribution in [0.4, 0.5) is 10.1 Å². The topological polar surface area (TPSA) is 60.7 Å². The first-order valence-corrected chi connectivity index (χ1v) is 8.61. The summed E-state index contributed by atoms with van der Waals surface area (Å²) >= 11 is 1.22. The minimum atomic E-state index is -0.480. The molecule has 1 heterocycles. The normalized spacial score (nSPS) is 11.6. The zero-order chi connectivity index (χ0) is 17.7. The summed E-state index contributed by atoms with van der Waals surface area (Å²) in [6.45, 7) is 5.27. The first-order chi connectivity index (χ1) is 11.5. The van der Waals surface area contributed by atoms with Crippen molar-refractivity contribution < 1.29 is 18.7 Å². The van der Waals surface area contributed by atoms with Crippen molar-refractivity contribution >= 4 is 28.9 Å². The molecule has 0 N–H and O–H groups in total. The molecule has 0 aliphatic rings. The molecular formula is C17H19FN2O3S. The van der Waals surface area contributed by atoms with E-state index in [2.05, 4.69) is 4.99 Å². The number of nitrogens with zero attached hydrogens (tertiary/aromatic N) is 2. The highest BCUT2D eigenvalue weighted by Crippen LogP contribution is 2.25. The van der Waals surface area contributed by atoms with Gasteiger partial charge in [-0.25, -0.2) is 13.9 Å². The number of benzene rings is 1. The Kier molecular flexibility index (Phi) is 6.03. The molecule has 0 aliphatic carbocycles. The van der Waals surface area contributed by atoms with Gasteiger partial charge in [0.05, 0.1) is 4.88 Å². The monoisotopic (exact) mass is 350 g/mol. The molecule has 7 heteroatoms. The SMILES string of the molecule is CCC(=O)Oc1c(CC)sc(=Nc2ccccc2F)n1C(=O)CC. The zero-order valence-electron chi connectivity index (χ0n) is 13.8. The fourth-order valence-electron chi connectivity index (χ4n) is 2.01. The fraction of sp³-hybridized carbons (Fsp3) is 0.353. The van der Waals surface area contributed by atoms with Crippen molar-refractivity contribution in [3.63, 3.8) is 0 Å². The number of para-hydroxylation sites is 1. The summed E-state index contributed by atoms with van der Waals surface area (Å²) in [5.74, 6) is -0.986. The molecule has 0 spiro atoms. The molecule has 0 fully saturated rings. The van der Waals surface area contributed by atoms with Crippen molar-refractivity contribution in [3.8, 4) is 5.88 Å². The van der Waals surface area contributed by atoms with Crippen molar-refractivity contribution in [1.29, 1.82) is 0 Å². The van der Waals surface area contributed by atoms with E-state index in [0.29, 0.717) is 16.1 Å². The molecule has 0 unspecified atom stereocenters. The van der Waals surface area contributed by atoms with Crippen LogP contribution in [0.3, 0.4) is 0 Å². The summed E-state index contributed by atoms with van der Waals surface area (Å²) in [6.07, 6.45) is 0.973. The van der Waals surface area contributed by atoms with Crippen molar-refractivity contribution in [3.05, 3.63) is 39.8 Å². The lowest BCUT2D eigenvalue weighted by atomic mass is 10.3. The molecule has 0 amide bonds. The Morgan fingerprint density at radius 1 is 1.21 bits per heavy atom. The molecule has 0 radical (unpaired) electrons. The molecule has 2 aromatic rings. The van der Waals surface area contributed by atoms with E-state index in [1.807, 2.05) is 6.92 Å². The number of carbonyl (C=O) groups excluding carboxylic acids is 2. The van der Waals surface area contributed by atoms with E-state index < -0.39 is 11.8 Å². The van der Waals surface area contributed by atoms with Gasteiger partial charge < -0.3 is 4.74 Å². The summed E-state index contributed by atoms with van der Waals surface area (Å²) in [7, 11) is 0. The third-order valence-electron chi connectivity index (χ3n) is 3.29. The van der Waals surface area contributed by atoms with Crippen molar-refractivity contribution in [2.24, 2.45) is 4.99 Å². The average molecular weight is 350 g/mol. The van der Waals surface area contributed by atoms with Crippen LogP contribution >= 0.6 is 11.3 Å². The number of ether oxygens (including phenoxy) is 1. The highest BCUT2D eigenvalue weighted by Gasteiger charge is 2.21. The Labute approximate surface area is 143 Å². The third-order valence-corrected chi connectivity index (χ3v) is 4.45. The quantitative estimate of drug-likeness (QED) is 0.770. The van der Waals surface area contributed by atoms with E-state index >= 15 is 0 Å². The minimum Gasteiger partial charge on any atom is -0.408 e. The van der Waals surface area contributed by atoms with Gasteiger partial charge in [0, 0.05) is 12.8 Å². The minimum absolute atomic E-state index is 0.132. The van der Waals surface area contributed by atoms with E-state index in [1.54, 1.807) is 26.0 Å². The summed E-state index contributed by atoms with van der Waals surface area (Å²) in [6, 6.07) is 6.07. The zero-order valence-corrected chi connectivity index (χ0v) is 14.7. The van der Waals surface area contributed by atoms with Crippen molar-refractivity contribution in [1.82, 2.24) is 4.57 Å². The number of aryl methyl sites for hydroxylation is 1. The molecule has 1 aromatic carbocycles. The number of esters is 1. The maximum absolute atomic E-state index is 13.9. The highest BCUT2D eigenvalue weighted by atomic mass is 32.1. The first-order valence-electron chi connectivity index (χ1n) is 7.79. The molecule has 0 saturated heterocycles. The van der Waals surface area contributed by atoms with Crippen LogP contribution in [0.2, 0.25) is 0 Å². The summed E-state index contributed by atoms with van der Waals surface area (Å²) < 4.78 is 20.5. The fourth-order valence-corrected chi connectivity index (χ4v) is 3.02. The van der Waals surface area contributed by atoms with Crippen LogP contribution in [0.1, 0.15) is 43.3 Å². The molecule has 2 rings (SSSR count). The molecule has 0 bridgehead atoms. The second-order valence-electron chi connectivity index (χ2n) is 4.94. The number of aromatic nitrogens is 1. The predicted molar refractivity (Wildman–Crippen MR) is 90.2 cm³/mol. The molecule has 0 atom stereocenters. The van der Waals surface area contributed by atoms with Gasteiger partial charge in [0.15, 0.2) is 4.80 Å². The number of rotatable bonds is 5. The highest BCUT2D eigenvalue weighted by molar-refractivity contribution is 7.09. The van der Waals surface area contributed by atoms with E-state index in [4.69, 9.17) is 4.74 Å². The van der Waals surface area contributed by atoms with E-state index in [-0.39, 0.29) is 30.3 Å². The van der Waals surface area contributed by atoms with Gasteiger partial charge in [0.25, 0.3) is 0 Å². The Morgan fingerprint density at radius 3 is 2.50 bits per heavy atom. The van der Waals surface area contributed by atoms with E-state index in [9.17, 15) is 14.0 Å². The maximum atomic E-state index is 13.9. The molecule has 1 aromatic heterocycles. The lowest BCUT2D eigenvalue weighted by molar-refractivity contribution is -0.134. The summed E-state index contributed by atoms with van der Waals surface area (Å²) in [5.41, 5.74) is 0.132. The van der Waals surface area contributed by atoms with Gasteiger partial charge in [0.2, 0.25) is 11.8 Å². The number of hydrogen-bond donors (Lipinski definition) is 0. The predicted octanol–water partition coefficient (Wildman–Crippen LogP) is 3.85. The molecule has 0 aliphatic heterocycles. The molecule has 128 valence electrons. The lowest BCUT2D eigenvalue weighted by Crippen LogP contribution is -2.24. The number of hydrogen-bond acceptors (Lipinski definition) is 5. The maximum Gasteiger partial charge on any atom is 0.312 e. The van der Waals surface area contributed by atoms with Crippen LogP contribution in [-0.4, -0.2) is 16.4 Å². The third kappa shape index (κ3) is 3.79. The van der Waals surface area contributed by atoms with Crippen molar-refractivity contribution in [2.45, 2.75) is 40.0 Å². The standard InChI is InChI=1S/C17H19FN2O3S/c1-4-13-16(23-15(22)6-3)20(14(21)5-2)17(24-13)19-12-10-8-7-9-11(12)18/h7-10H,4-6H2,1-3H3. The van der Waals surface area contributed by atoms with Crippen LogP contribution in [0.5, 0.6) is 5.88 Å². The van der Waals surface area contributed by atoms with Crippen LogP contribution in [-0.2, 0) is 11.2 Å². The summed E-state index contributed by atoms with van der Waals surface area (Å²) in [4.78, 5) is 29.3. The second-order valence-corrected chi connectivity index (χ2v) is 6.00. The Bertz CT molecular complexity index is 823. The average Bonchev–Trinajstić information content (AvgIpc) is 2.93. The number of carbonyl (C=O) groups is 2. The van der Waals surface area contributed by atoms with E-state index in [0.717, 1.165) is 0 Å².